The van der Waals surface area contributed by atoms with Crippen molar-refractivity contribution in [2.24, 2.45) is 16.3 Å². The van der Waals surface area contributed by atoms with Crippen molar-refractivity contribution >= 4 is 41.6 Å². The first-order valence-electron chi connectivity index (χ1n) is 19.0. The zero-order valence-corrected chi connectivity index (χ0v) is 31.8. The van der Waals surface area contributed by atoms with Gasteiger partial charge in [0.05, 0.1) is 18.4 Å². The maximum Gasteiger partial charge on any atom is 0.319 e. The minimum absolute atomic E-state index is 0.0126. The third-order valence-corrected chi connectivity index (χ3v) is 11.0. The van der Waals surface area contributed by atoms with Crippen LogP contribution in [0.2, 0.25) is 0 Å². The molecule has 12 heteroatoms. The van der Waals surface area contributed by atoms with Crippen molar-refractivity contribution in [2.75, 3.05) is 71.2 Å². The van der Waals surface area contributed by atoms with Gasteiger partial charge in [-0.3, -0.25) is 9.89 Å². The quantitative estimate of drug-likeness (QED) is 0.103. The van der Waals surface area contributed by atoms with E-state index in [2.05, 4.69) is 28.6 Å². The number of fused-ring (bicyclic) bond motifs is 2. The molecule has 1 aliphatic carbocycles. The second-order valence-corrected chi connectivity index (χ2v) is 14.5. The Kier molecular flexibility index (Phi) is 14.4. The number of aliphatic hydroxyl groups is 1. The highest BCUT2D eigenvalue weighted by atomic mass is 19.1. The molecule has 1 aromatic heterocycles. The predicted molar refractivity (Wildman–Crippen MR) is 207 cm³/mol. The number of anilines is 1. The molecule has 3 heterocycles. The minimum atomic E-state index is -0.541. The van der Waals surface area contributed by atoms with Gasteiger partial charge in [-0.05, 0) is 100 Å². The van der Waals surface area contributed by atoms with E-state index in [1.165, 1.54) is 19.2 Å². The van der Waals surface area contributed by atoms with Gasteiger partial charge in [-0.15, -0.1) is 0 Å². The third-order valence-electron chi connectivity index (χ3n) is 11.0. The van der Waals surface area contributed by atoms with Crippen LogP contribution in [0.5, 0.6) is 6.01 Å². The fourth-order valence-corrected chi connectivity index (χ4v) is 8.69. The maximum atomic E-state index is 16.8. The Labute approximate surface area is 312 Å². The van der Waals surface area contributed by atoms with E-state index in [4.69, 9.17) is 24.2 Å². The number of benzene rings is 2. The van der Waals surface area contributed by atoms with E-state index in [0.717, 1.165) is 70.0 Å². The van der Waals surface area contributed by atoms with Gasteiger partial charge in [-0.2, -0.15) is 9.97 Å². The van der Waals surface area contributed by atoms with Crippen LogP contribution < -0.4 is 20.2 Å². The SMILES string of the molecule is C=N/C=c1/c(N(CO)CCOCC)nc(OCC23CCCC2N(CC2CN(C)C2)CCC3)n/c1=C(\F)Cc1cccc2ccc(F)c(CC)c12.CC=O. The van der Waals surface area contributed by atoms with Crippen LogP contribution in [0.1, 0.15) is 64.0 Å². The van der Waals surface area contributed by atoms with Crippen LogP contribution >= 0.6 is 0 Å². The summed E-state index contributed by atoms with van der Waals surface area (Å²) in [6, 6.07) is 9.27. The molecule has 2 atom stereocenters. The molecular weight excluding hydrogens is 678 g/mol. The summed E-state index contributed by atoms with van der Waals surface area (Å²) in [4.78, 5) is 28.9. The Balaban J connectivity index is 0.00000175. The van der Waals surface area contributed by atoms with Gasteiger partial charge in [0.2, 0.25) is 0 Å². The van der Waals surface area contributed by atoms with E-state index in [1.54, 1.807) is 11.0 Å². The van der Waals surface area contributed by atoms with Crippen LogP contribution in [0.25, 0.3) is 22.8 Å². The van der Waals surface area contributed by atoms with Crippen molar-refractivity contribution in [3.8, 4) is 6.01 Å². The molecule has 288 valence electrons. The molecule has 2 aromatic carbocycles. The monoisotopic (exact) mass is 734 g/mol. The Bertz CT molecular complexity index is 1840. The summed E-state index contributed by atoms with van der Waals surface area (Å²) < 4.78 is 43.9. The predicted octanol–water partition coefficient (Wildman–Crippen LogP) is 4.66. The van der Waals surface area contributed by atoms with Crippen LogP contribution in [-0.4, -0.2) is 110 Å². The Hall–Kier alpha value is -3.84. The molecule has 0 radical (unpaired) electrons. The van der Waals surface area contributed by atoms with Gasteiger partial charge in [-0.1, -0.05) is 37.6 Å². The number of carbonyl (C=O) groups excluding carboxylic acids is 1. The summed E-state index contributed by atoms with van der Waals surface area (Å²) in [6.45, 7) is 14.6. The first-order valence-corrected chi connectivity index (χ1v) is 19.0. The standard InChI is InChI=1S/C39H52F2N6O3.C2H4O/c1-5-30-32(40)14-13-28-10-7-11-29(35(28)30)20-33(41)36-31(21-42-3)37(47(26-48)18-19-49-6-2)44-38(43-36)50-25-39-15-8-12-34(39)46(17-9-16-39)24-27-22-45(4)23-27;1-2-3/h7,10-11,13-14,21,27,34,48H,3,5-6,8-9,12,15-20,22-26H2,1-2,4H3;2H,1H3/b31-21+,36-33-;. The molecule has 10 nitrogen and oxygen atoms in total. The number of aryl methyl sites for hydroxylation is 1. The molecule has 1 saturated carbocycles. The molecule has 0 bridgehead atoms. The van der Waals surface area contributed by atoms with E-state index in [-0.39, 0.29) is 46.8 Å². The molecule has 3 aliphatic rings. The topological polar surface area (TPSA) is 104 Å². The van der Waals surface area contributed by atoms with E-state index in [0.29, 0.717) is 61.3 Å². The van der Waals surface area contributed by atoms with Crippen LogP contribution in [0.4, 0.5) is 14.6 Å². The maximum absolute atomic E-state index is 16.8. The first kappa shape index (κ1) is 40.3. The molecule has 3 fully saturated rings. The van der Waals surface area contributed by atoms with Gasteiger partial charge in [-0.25, -0.2) is 8.78 Å². The van der Waals surface area contributed by atoms with Crippen molar-refractivity contribution in [2.45, 2.75) is 71.8 Å². The van der Waals surface area contributed by atoms with Gasteiger partial charge in [0, 0.05) is 56.9 Å². The molecule has 2 aliphatic heterocycles. The van der Waals surface area contributed by atoms with Crippen LogP contribution in [0.15, 0.2) is 35.3 Å². The summed E-state index contributed by atoms with van der Waals surface area (Å²) in [7, 11) is 2.18. The summed E-state index contributed by atoms with van der Waals surface area (Å²) in [5.74, 6) is 0.143. The normalized spacial score (nSPS) is 21.4. The molecule has 2 unspecified atom stereocenters. The number of aliphatic hydroxyl groups excluding tert-OH is 1. The summed E-state index contributed by atoms with van der Waals surface area (Å²) >= 11 is 0. The average molecular weight is 735 g/mol. The number of hydrogen-bond donors (Lipinski definition) is 1. The van der Waals surface area contributed by atoms with Gasteiger partial charge in [0.1, 0.15) is 35.8 Å². The highest BCUT2D eigenvalue weighted by Crippen LogP contribution is 2.48. The number of halogens is 2. The number of rotatable bonds is 15. The lowest BCUT2D eigenvalue weighted by Crippen LogP contribution is -2.57. The molecule has 0 amide bonds. The smallest absolute Gasteiger partial charge is 0.319 e. The number of likely N-dealkylation sites (tertiary alicyclic amines) is 2. The summed E-state index contributed by atoms with van der Waals surface area (Å²) in [5.41, 5.74) is 1.18. The van der Waals surface area contributed by atoms with Gasteiger partial charge < -0.3 is 29.2 Å². The molecule has 6 rings (SSSR count). The number of aromatic nitrogens is 2. The molecule has 1 N–H and O–H groups in total. The van der Waals surface area contributed by atoms with Crippen molar-refractivity contribution in [3.63, 3.8) is 0 Å². The Morgan fingerprint density at radius 1 is 1.19 bits per heavy atom. The molecule has 53 heavy (non-hydrogen) atoms. The summed E-state index contributed by atoms with van der Waals surface area (Å²) in [6.07, 6.45) is 8.05. The lowest BCUT2D eigenvalue weighted by atomic mass is 9.75. The summed E-state index contributed by atoms with van der Waals surface area (Å²) in [5, 5.41) is 12.3. The lowest BCUT2D eigenvalue weighted by molar-refractivity contribution is -0.106. The van der Waals surface area contributed by atoms with Crippen LogP contribution in [-0.2, 0) is 22.4 Å². The highest BCUT2D eigenvalue weighted by Gasteiger charge is 2.49. The van der Waals surface area contributed by atoms with Crippen molar-refractivity contribution < 1.29 is 28.2 Å². The Morgan fingerprint density at radius 2 is 1.96 bits per heavy atom. The zero-order chi connectivity index (χ0) is 38.0. The fraction of sp³-hybridized carbons (Fsp3) is 0.561. The van der Waals surface area contributed by atoms with E-state index in [9.17, 15) is 9.50 Å². The average Bonchev–Trinajstić information content (AvgIpc) is 3.58. The number of piperidine rings is 1. The van der Waals surface area contributed by atoms with Crippen molar-refractivity contribution in [1.29, 1.82) is 0 Å². The number of hydrogen-bond acceptors (Lipinski definition) is 10. The zero-order valence-electron chi connectivity index (χ0n) is 31.8. The molecule has 0 spiro atoms. The number of ether oxygens (including phenoxy) is 2. The largest absolute Gasteiger partial charge is 0.463 e. The van der Waals surface area contributed by atoms with Crippen molar-refractivity contribution in [3.05, 3.63) is 57.8 Å². The van der Waals surface area contributed by atoms with E-state index in [1.807, 2.05) is 32.0 Å². The molecular formula is C41H56F2N6O4. The van der Waals surface area contributed by atoms with Crippen LogP contribution in [0.3, 0.4) is 0 Å². The van der Waals surface area contributed by atoms with Crippen molar-refractivity contribution in [1.82, 2.24) is 19.8 Å². The second kappa shape index (κ2) is 19.0. The first-order chi connectivity index (χ1) is 25.7. The minimum Gasteiger partial charge on any atom is -0.463 e. The molecule has 2 saturated heterocycles. The Morgan fingerprint density at radius 3 is 2.66 bits per heavy atom. The van der Waals surface area contributed by atoms with E-state index < -0.39 is 5.83 Å². The number of aliphatic imine (C=N–C) groups is 1. The van der Waals surface area contributed by atoms with Crippen LogP contribution in [0, 0.1) is 17.2 Å². The fourth-order valence-electron chi connectivity index (χ4n) is 8.69. The van der Waals surface area contributed by atoms with Gasteiger partial charge in [0.25, 0.3) is 0 Å². The second-order valence-electron chi connectivity index (χ2n) is 14.5. The van der Waals surface area contributed by atoms with Gasteiger partial charge in [0.15, 0.2) is 0 Å². The van der Waals surface area contributed by atoms with Gasteiger partial charge >= 0.3 is 6.01 Å². The number of carbonyl (C=O) groups is 1. The lowest BCUT2D eigenvalue weighted by Gasteiger charge is -2.49. The third kappa shape index (κ3) is 9.28. The molecule has 3 aromatic rings. The highest BCUT2D eigenvalue weighted by molar-refractivity contribution is 5.89. The number of nitrogens with zero attached hydrogens (tertiary/aromatic N) is 6. The number of aldehydes is 1. The van der Waals surface area contributed by atoms with E-state index >= 15 is 4.39 Å².